The van der Waals surface area contributed by atoms with Crippen LogP contribution in [-0.4, -0.2) is 31.2 Å². The van der Waals surface area contributed by atoms with Crippen molar-refractivity contribution in [2.24, 2.45) is 5.92 Å². The largest absolute Gasteiger partial charge is 0.378 e. The van der Waals surface area contributed by atoms with Crippen LogP contribution in [0, 0.1) is 5.92 Å². The minimum atomic E-state index is -0.147. The molecular weight excluding hydrogens is 240 g/mol. The van der Waals surface area contributed by atoms with Gasteiger partial charge in [0.25, 0.3) is 0 Å². The van der Waals surface area contributed by atoms with Gasteiger partial charge in [0.05, 0.1) is 6.10 Å². The van der Waals surface area contributed by atoms with Crippen molar-refractivity contribution in [3.05, 3.63) is 0 Å². The highest BCUT2D eigenvalue weighted by molar-refractivity contribution is 5.83. The van der Waals surface area contributed by atoms with Crippen molar-refractivity contribution in [1.29, 1.82) is 0 Å². The lowest BCUT2D eigenvalue weighted by atomic mass is 9.83. The van der Waals surface area contributed by atoms with Crippen LogP contribution in [0.2, 0.25) is 0 Å². The van der Waals surface area contributed by atoms with Crippen molar-refractivity contribution in [2.45, 2.75) is 76.9 Å². The van der Waals surface area contributed by atoms with Crippen molar-refractivity contribution in [2.75, 3.05) is 13.2 Å². The van der Waals surface area contributed by atoms with Gasteiger partial charge in [0.1, 0.15) is 6.10 Å². The van der Waals surface area contributed by atoms with Crippen LogP contribution in [0.3, 0.4) is 0 Å². The molecule has 0 aromatic heterocycles. The molecule has 0 bridgehead atoms. The fourth-order valence-electron chi connectivity index (χ4n) is 3.43. The Hall–Kier alpha value is -0.410. The molecule has 1 saturated carbocycles. The number of hydrogen-bond acceptors (Lipinski definition) is 3. The molecule has 110 valence electrons. The Balaban J connectivity index is 1.80. The maximum Gasteiger partial charge on any atom is 0.161 e. The fourth-order valence-corrected chi connectivity index (χ4v) is 3.43. The van der Waals surface area contributed by atoms with E-state index < -0.39 is 0 Å². The average Bonchev–Trinajstić information content (AvgIpc) is 2.96. The Morgan fingerprint density at radius 1 is 1.21 bits per heavy atom. The van der Waals surface area contributed by atoms with Crippen molar-refractivity contribution in [3.63, 3.8) is 0 Å². The third kappa shape index (κ3) is 4.57. The highest BCUT2D eigenvalue weighted by Gasteiger charge is 2.30. The number of Topliss-reactive ketones (excluding diaryl/α,β-unsaturated/α-hetero) is 1. The van der Waals surface area contributed by atoms with Crippen LogP contribution in [0.1, 0.15) is 64.7 Å². The van der Waals surface area contributed by atoms with Gasteiger partial charge in [-0.2, -0.15) is 0 Å². The molecule has 1 saturated heterocycles. The molecule has 0 N–H and O–H groups in total. The molecule has 0 spiro atoms. The zero-order valence-electron chi connectivity index (χ0n) is 12.2. The Kier molecular flexibility index (Phi) is 6.32. The zero-order valence-corrected chi connectivity index (χ0v) is 12.2. The Labute approximate surface area is 117 Å². The zero-order chi connectivity index (χ0) is 13.5. The summed E-state index contributed by atoms with van der Waals surface area (Å²) < 4.78 is 11.4. The molecule has 2 aliphatic rings. The summed E-state index contributed by atoms with van der Waals surface area (Å²) in [4.78, 5) is 12.4. The molecule has 2 atom stereocenters. The Morgan fingerprint density at radius 2 is 2.00 bits per heavy atom. The molecule has 1 aliphatic carbocycles. The number of ketones is 1. The molecule has 2 unspecified atom stereocenters. The van der Waals surface area contributed by atoms with Crippen molar-refractivity contribution < 1.29 is 14.3 Å². The molecule has 0 aromatic carbocycles. The van der Waals surface area contributed by atoms with Gasteiger partial charge >= 0.3 is 0 Å². The van der Waals surface area contributed by atoms with E-state index in [1.54, 1.807) is 0 Å². The minimum Gasteiger partial charge on any atom is -0.378 e. The lowest BCUT2D eigenvalue weighted by Gasteiger charge is -2.29. The molecule has 1 heterocycles. The summed E-state index contributed by atoms with van der Waals surface area (Å²) in [7, 11) is 0. The summed E-state index contributed by atoms with van der Waals surface area (Å²) in [6, 6.07) is 0. The van der Waals surface area contributed by atoms with E-state index in [0.717, 1.165) is 38.7 Å². The maximum atomic E-state index is 12.4. The fraction of sp³-hybridized carbons (Fsp3) is 0.938. The normalized spacial score (nSPS) is 26.5. The summed E-state index contributed by atoms with van der Waals surface area (Å²) in [6.45, 7) is 3.51. The van der Waals surface area contributed by atoms with Gasteiger partial charge in [0, 0.05) is 19.6 Å². The van der Waals surface area contributed by atoms with Crippen LogP contribution < -0.4 is 0 Å². The van der Waals surface area contributed by atoms with Crippen molar-refractivity contribution in [3.8, 4) is 0 Å². The van der Waals surface area contributed by atoms with Gasteiger partial charge < -0.3 is 9.47 Å². The Bertz CT molecular complexity index is 265. The molecule has 19 heavy (non-hydrogen) atoms. The first-order valence-electron chi connectivity index (χ1n) is 8.07. The summed E-state index contributed by atoms with van der Waals surface area (Å²) in [5, 5.41) is 0. The van der Waals surface area contributed by atoms with E-state index in [9.17, 15) is 4.79 Å². The van der Waals surface area contributed by atoms with Gasteiger partial charge in [0.2, 0.25) is 0 Å². The first kappa shape index (κ1) is 15.0. The second-order valence-corrected chi connectivity index (χ2v) is 5.91. The SMILES string of the molecule is CCOC(C(=O)CCC1CCCO1)C1CCCCC1. The summed E-state index contributed by atoms with van der Waals surface area (Å²) >= 11 is 0. The molecule has 2 rings (SSSR count). The van der Waals surface area contributed by atoms with E-state index in [1.807, 2.05) is 6.92 Å². The van der Waals surface area contributed by atoms with Gasteiger partial charge in [-0.3, -0.25) is 4.79 Å². The molecule has 0 aromatic rings. The predicted molar refractivity (Wildman–Crippen MR) is 75.2 cm³/mol. The molecule has 3 heteroatoms. The van der Waals surface area contributed by atoms with Crippen LogP contribution in [0.15, 0.2) is 0 Å². The van der Waals surface area contributed by atoms with Crippen molar-refractivity contribution in [1.82, 2.24) is 0 Å². The van der Waals surface area contributed by atoms with Crippen LogP contribution in [-0.2, 0) is 14.3 Å². The summed E-state index contributed by atoms with van der Waals surface area (Å²) in [6.07, 6.45) is 10.1. The lowest BCUT2D eigenvalue weighted by molar-refractivity contribution is -0.135. The second kappa shape index (κ2) is 8.01. The van der Waals surface area contributed by atoms with Crippen LogP contribution in [0.25, 0.3) is 0 Å². The smallest absolute Gasteiger partial charge is 0.161 e. The third-order valence-corrected chi connectivity index (χ3v) is 4.48. The van der Waals surface area contributed by atoms with E-state index in [-0.39, 0.29) is 6.10 Å². The monoisotopic (exact) mass is 268 g/mol. The predicted octanol–water partition coefficient (Wildman–Crippen LogP) is 3.50. The molecule has 0 amide bonds. The van der Waals surface area contributed by atoms with Crippen molar-refractivity contribution >= 4 is 5.78 Å². The maximum absolute atomic E-state index is 12.4. The van der Waals surface area contributed by atoms with E-state index in [2.05, 4.69) is 0 Å². The van der Waals surface area contributed by atoms with Gasteiger partial charge in [-0.1, -0.05) is 19.3 Å². The quantitative estimate of drug-likeness (QED) is 0.709. The molecule has 2 fully saturated rings. The highest BCUT2D eigenvalue weighted by atomic mass is 16.5. The second-order valence-electron chi connectivity index (χ2n) is 5.91. The van der Waals surface area contributed by atoms with Crippen LogP contribution in [0.5, 0.6) is 0 Å². The Morgan fingerprint density at radius 3 is 2.63 bits per heavy atom. The van der Waals surface area contributed by atoms with Gasteiger partial charge in [-0.05, 0) is 44.9 Å². The minimum absolute atomic E-state index is 0.147. The highest BCUT2D eigenvalue weighted by Crippen LogP contribution is 2.29. The third-order valence-electron chi connectivity index (χ3n) is 4.48. The van der Waals surface area contributed by atoms with E-state index in [0.29, 0.717) is 30.8 Å². The molecule has 0 radical (unpaired) electrons. The van der Waals surface area contributed by atoms with E-state index in [4.69, 9.17) is 9.47 Å². The summed E-state index contributed by atoms with van der Waals surface area (Å²) in [5.41, 5.74) is 0. The standard InChI is InChI=1S/C16H28O3/c1-2-18-16(13-7-4-3-5-8-13)15(17)11-10-14-9-6-12-19-14/h13-14,16H,2-12H2,1H3. The van der Waals surface area contributed by atoms with Gasteiger partial charge in [0.15, 0.2) is 5.78 Å². The van der Waals surface area contributed by atoms with E-state index >= 15 is 0 Å². The van der Waals surface area contributed by atoms with Gasteiger partial charge in [-0.25, -0.2) is 0 Å². The molecule has 3 nitrogen and oxygen atoms in total. The molecule has 1 aliphatic heterocycles. The first-order chi connectivity index (χ1) is 9.31. The lowest BCUT2D eigenvalue weighted by Crippen LogP contribution is -2.34. The van der Waals surface area contributed by atoms with E-state index in [1.165, 1.54) is 19.3 Å². The number of ether oxygens (including phenoxy) is 2. The number of rotatable bonds is 7. The number of carbonyl (C=O) groups excluding carboxylic acids is 1. The number of hydrogen-bond donors (Lipinski definition) is 0. The first-order valence-corrected chi connectivity index (χ1v) is 8.07. The number of carbonyl (C=O) groups is 1. The summed E-state index contributed by atoms with van der Waals surface area (Å²) in [5.74, 6) is 0.773. The topological polar surface area (TPSA) is 35.5 Å². The van der Waals surface area contributed by atoms with Crippen LogP contribution in [0.4, 0.5) is 0 Å². The van der Waals surface area contributed by atoms with Crippen LogP contribution >= 0.6 is 0 Å². The average molecular weight is 268 g/mol. The van der Waals surface area contributed by atoms with Gasteiger partial charge in [-0.15, -0.1) is 0 Å². The molecular formula is C16H28O3.